The van der Waals surface area contributed by atoms with Gasteiger partial charge in [0.05, 0.1) is 12.0 Å². The second-order valence-electron chi connectivity index (χ2n) is 8.07. The molecular formula is C17H32N2O2. The number of carbonyl (C=O) groups excluding carboxylic acids is 1. The van der Waals surface area contributed by atoms with Crippen LogP contribution in [0.1, 0.15) is 41.0 Å². The summed E-state index contributed by atoms with van der Waals surface area (Å²) in [6.07, 6.45) is 0.954. The predicted octanol–water partition coefficient (Wildman–Crippen LogP) is 2.24. The highest BCUT2D eigenvalue weighted by atomic mass is 16.5. The van der Waals surface area contributed by atoms with Crippen LogP contribution in [0.25, 0.3) is 0 Å². The van der Waals surface area contributed by atoms with Gasteiger partial charge in [-0.2, -0.15) is 0 Å². The molecule has 122 valence electrons. The second kappa shape index (κ2) is 6.66. The molecule has 2 aliphatic heterocycles. The fourth-order valence-corrected chi connectivity index (χ4v) is 3.40. The Morgan fingerprint density at radius 2 is 1.71 bits per heavy atom. The summed E-state index contributed by atoms with van der Waals surface area (Å²) >= 11 is 0. The molecule has 0 bridgehead atoms. The first-order chi connectivity index (χ1) is 9.77. The van der Waals surface area contributed by atoms with E-state index in [1.807, 2.05) is 20.8 Å². The molecule has 0 aromatic rings. The normalized spacial score (nSPS) is 27.3. The molecule has 0 aliphatic carbocycles. The molecule has 0 aromatic carbocycles. The van der Waals surface area contributed by atoms with E-state index in [1.165, 1.54) is 26.2 Å². The molecule has 21 heavy (non-hydrogen) atoms. The molecule has 2 atom stereocenters. The van der Waals surface area contributed by atoms with Gasteiger partial charge in [0.1, 0.15) is 0 Å². The van der Waals surface area contributed by atoms with Crippen molar-refractivity contribution in [3.05, 3.63) is 0 Å². The maximum absolute atomic E-state index is 11.7. The van der Waals surface area contributed by atoms with Gasteiger partial charge in [-0.3, -0.25) is 4.79 Å². The summed E-state index contributed by atoms with van der Waals surface area (Å²) in [6.45, 7) is 16.9. The van der Waals surface area contributed by atoms with Gasteiger partial charge >= 0.3 is 5.97 Å². The third-order valence-electron chi connectivity index (χ3n) is 4.78. The second-order valence-corrected chi connectivity index (χ2v) is 8.07. The summed E-state index contributed by atoms with van der Waals surface area (Å²) in [5, 5.41) is 0. The van der Waals surface area contributed by atoms with Crippen molar-refractivity contribution in [1.29, 1.82) is 0 Å². The third-order valence-corrected chi connectivity index (χ3v) is 4.78. The smallest absolute Gasteiger partial charge is 0.311 e. The molecule has 2 aliphatic rings. The molecule has 4 heteroatoms. The molecular weight excluding hydrogens is 264 g/mol. The highest BCUT2D eigenvalue weighted by Crippen LogP contribution is 2.31. The van der Waals surface area contributed by atoms with Crippen LogP contribution in [0.2, 0.25) is 0 Å². The fraction of sp³-hybridized carbons (Fsp3) is 0.941. The van der Waals surface area contributed by atoms with E-state index in [4.69, 9.17) is 4.74 Å². The molecule has 2 unspecified atom stereocenters. The predicted molar refractivity (Wildman–Crippen MR) is 85.2 cm³/mol. The quantitative estimate of drug-likeness (QED) is 0.575. The number of nitrogens with zero attached hydrogens (tertiary/aromatic N) is 2. The number of esters is 1. The minimum atomic E-state index is -0.384. The molecule has 2 fully saturated rings. The van der Waals surface area contributed by atoms with Gasteiger partial charge in [-0.15, -0.1) is 0 Å². The molecule has 0 spiro atoms. The van der Waals surface area contributed by atoms with E-state index in [9.17, 15) is 4.79 Å². The lowest BCUT2D eigenvalue weighted by Crippen LogP contribution is -2.33. The summed E-state index contributed by atoms with van der Waals surface area (Å²) in [7, 11) is 0. The van der Waals surface area contributed by atoms with E-state index in [0.717, 1.165) is 24.8 Å². The van der Waals surface area contributed by atoms with Crippen LogP contribution < -0.4 is 0 Å². The Labute approximate surface area is 129 Å². The monoisotopic (exact) mass is 296 g/mol. The van der Waals surface area contributed by atoms with Crippen LogP contribution in [-0.2, 0) is 9.53 Å². The van der Waals surface area contributed by atoms with Gasteiger partial charge in [-0.25, -0.2) is 0 Å². The van der Waals surface area contributed by atoms with Crippen LogP contribution in [0.15, 0.2) is 0 Å². The van der Waals surface area contributed by atoms with Crippen molar-refractivity contribution in [2.45, 2.75) is 47.1 Å². The SMILES string of the molecule is CC(C)N1CC2CN(CCCOC(=O)C(C)(C)C)CC2C1. The standard InChI is InChI=1S/C17H32N2O2/c1-13(2)19-11-14-9-18(10-15(14)12-19)7-6-8-21-16(20)17(3,4)5/h13-15H,6-12H2,1-5H3. The minimum absolute atomic E-state index is 0.0895. The van der Waals surface area contributed by atoms with Gasteiger partial charge in [-0.1, -0.05) is 0 Å². The molecule has 4 nitrogen and oxygen atoms in total. The first kappa shape index (κ1) is 16.8. The molecule has 0 N–H and O–H groups in total. The van der Waals surface area contributed by atoms with Crippen molar-refractivity contribution in [3.8, 4) is 0 Å². The van der Waals surface area contributed by atoms with E-state index in [2.05, 4.69) is 23.6 Å². The van der Waals surface area contributed by atoms with Gasteiger partial charge in [0.15, 0.2) is 0 Å². The molecule has 0 aromatic heterocycles. The topological polar surface area (TPSA) is 32.8 Å². The van der Waals surface area contributed by atoms with Gasteiger partial charge in [-0.05, 0) is 52.9 Å². The Hall–Kier alpha value is -0.610. The van der Waals surface area contributed by atoms with Gasteiger partial charge < -0.3 is 14.5 Å². The van der Waals surface area contributed by atoms with Crippen LogP contribution in [0.3, 0.4) is 0 Å². The molecule has 0 radical (unpaired) electrons. The summed E-state index contributed by atoms with van der Waals surface area (Å²) < 4.78 is 5.33. The molecule has 0 amide bonds. The molecule has 2 heterocycles. The average Bonchev–Trinajstić information content (AvgIpc) is 2.90. The summed E-state index contributed by atoms with van der Waals surface area (Å²) in [5.41, 5.74) is -0.384. The van der Waals surface area contributed by atoms with Crippen molar-refractivity contribution in [2.75, 3.05) is 39.3 Å². The lowest BCUT2D eigenvalue weighted by atomic mass is 9.97. The zero-order valence-electron chi connectivity index (χ0n) is 14.4. The Balaban J connectivity index is 1.62. The molecule has 0 saturated carbocycles. The highest BCUT2D eigenvalue weighted by Gasteiger charge is 2.40. The summed E-state index contributed by atoms with van der Waals surface area (Å²) in [4.78, 5) is 16.8. The van der Waals surface area contributed by atoms with Crippen LogP contribution in [0.5, 0.6) is 0 Å². The van der Waals surface area contributed by atoms with E-state index < -0.39 is 0 Å². The largest absolute Gasteiger partial charge is 0.465 e. The molecule has 2 saturated heterocycles. The number of ether oxygens (including phenoxy) is 1. The first-order valence-corrected chi connectivity index (χ1v) is 8.41. The van der Waals surface area contributed by atoms with Crippen molar-refractivity contribution >= 4 is 5.97 Å². The average molecular weight is 296 g/mol. The zero-order chi connectivity index (χ0) is 15.6. The highest BCUT2D eigenvalue weighted by molar-refractivity contribution is 5.75. The summed E-state index contributed by atoms with van der Waals surface area (Å²) in [5.74, 6) is 1.61. The number of rotatable bonds is 5. The lowest BCUT2D eigenvalue weighted by Gasteiger charge is -2.24. The van der Waals surface area contributed by atoms with E-state index >= 15 is 0 Å². The Morgan fingerprint density at radius 1 is 1.14 bits per heavy atom. The van der Waals surface area contributed by atoms with Crippen LogP contribution >= 0.6 is 0 Å². The Morgan fingerprint density at radius 3 is 2.19 bits per heavy atom. The fourth-order valence-electron chi connectivity index (χ4n) is 3.40. The maximum atomic E-state index is 11.7. The molecule has 2 rings (SSSR count). The van der Waals surface area contributed by atoms with Crippen molar-refractivity contribution < 1.29 is 9.53 Å². The number of hydrogen-bond acceptors (Lipinski definition) is 4. The van der Waals surface area contributed by atoms with E-state index in [0.29, 0.717) is 12.6 Å². The Kier molecular flexibility index (Phi) is 5.31. The van der Waals surface area contributed by atoms with Gasteiger partial charge in [0.25, 0.3) is 0 Å². The van der Waals surface area contributed by atoms with Crippen molar-refractivity contribution in [3.63, 3.8) is 0 Å². The number of likely N-dealkylation sites (tertiary alicyclic amines) is 2. The number of hydrogen-bond donors (Lipinski definition) is 0. The maximum Gasteiger partial charge on any atom is 0.311 e. The third kappa shape index (κ3) is 4.43. The number of fused-ring (bicyclic) bond motifs is 1. The van der Waals surface area contributed by atoms with Crippen molar-refractivity contribution in [2.24, 2.45) is 17.3 Å². The van der Waals surface area contributed by atoms with Crippen LogP contribution in [-0.4, -0.2) is 61.1 Å². The number of carbonyl (C=O) groups is 1. The van der Waals surface area contributed by atoms with Crippen LogP contribution in [0.4, 0.5) is 0 Å². The minimum Gasteiger partial charge on any atom is -0.465 e. The first-order valence-electron chi connectivity index (χ1n) is 8.41. The van der Waals surface area contributed by atoms with Gasteiger partial charge in [0.2, 0.25) is 0 Å². The Bertz CT molecular complexity index is 348. The van der Waals surface area contributed by atoms with Crippen LogP contribution in [0, 0.1) is 17.3 Å². The lowest BCUT2D eigenvalue weighted by molar-refractivity contribution is -0.153. The van der Waals surface area contributed by atoms with Gasteiger partial charge in [0, 0.05) is 38.8 Å². The summed E-state index contributed by atoms with van der Waals surface area (Å²) in [6, 6.07) is 0.681. The van der Waals surface area contributed by atoms with E-state index in [1.54, 1.807) is 0 Å². The van der Waals surface area contributed by atoms with Crippen molar-refractivity contribution in [1.82, 2.24) is 9.80 Å². The zero-order valence-corrected chi connectivity index (χ0v) is 14.4. The van der Waals surface area contributed by atoms with E-state index in [-0.39, 0.29) is 11.4 Å².